The van der Waals surface area contributed by atoms with Gasteiger partial charge in [-0.15, -0.1) is 0 Å². The van der Waals surface area contributed by atoms with Gasteiger partial charge in [-0.1, -0.05) is 34.8 Å². The number of hydrogen-bond donors (Lipinski definition) is 2. The molecular weight excluding hydrogens is 361 g/mol. The Balaban J connectivity index is 2.44. The number of pyridine rings is 1. The van der Waals surface area contributed by atoms with E-state index >= 15 is 0 Å². The molecule has 0 bridgehead atoms. The topological polar surface area (TPSA) is 62.3 Å². The molecule has 0 fully saturated rings. The first-order valence-electron chi connectivity index (χ1n) is 6.50. The fraction of sp³-hybridized carbons (Fsp3) is 0.0625. The first-order valence-corrected chi connectivity index (χ1v) is 7.63. The van der Waals surface area contributed by atoms with Crippen LogP contribution in [0.25, 0.3) is 22.0 Å². The molecule has 1 aromatic heterocycles. The van der Waals surface area contributed by atoms with Crippen molar-refractivity contribution in [2.45, 2.75) is 0 Å². The Morgan fingerprint density at radius 1 is 1.09 bits per heavy atom. The van der Waals surface area contributed by atoms with E-state index in [1.807, 2.05) is 0 Å². The molecule has 3 rings (SSSR count). The molecule has 0 aliphatic rings. The van der Waals surface area contributed by atoms with Crippen LogP contribution >= 0.6 is 34.8 Å². The highest BCUT2D eigenvalue weighted by molar-refractivity contribution is 6.39. The molecule has 0 amide bonds. The molecule has 2 N–H and O–H groups in total. The Morgan fingerprint density at radius 3 is 2.52 bits per heavy atom. The number of ether oxygens (including phenoxy) is 1. The second kappa shape index (κ2) is 5.96. The molecule has 0 saturated heterocycles. The summed E-state index contributed by atoms with van der Waals surface area (Å²) in [6.45, 7) is 0. The lowest BCUT2D eigenvalue weighted by atomic mass is 10.0. The first kappa shape index (κ1) is 16.0. The van der Waals surface area contributed by atoms with Gasteiger partial charge in [0.1, 0.15) is 11.5 Å². The van der Waals surface area contributed by atoms with Crippen molar-refractivity contribution in [1.82, 2.24) is 4.98 Å². The lowest BCUT2D eigenvalue weighted by Crippen LogP contribution is -2.10. The van der Waals surface area contributed by atoms with E-state index < -0.39 is 5.56 Å². The Kier molecular flexibility index (Phi) is 4.15. The summed E-state index contributed by atoms with van der Waals surface area (Å²) < 4.78 is 5.25. The van der Waals surface area contributed by atoms with Crippen LogP contribution in [0, 0.1) is 0 Å². The van der Waals surface area contributed by atoms with Crippen molar-refractivity contribution in [3.05, 3.63) is 55.8 Å². The molecule has 0 atom stereocenters. The molecule has 2 aromatic carbocycles. The number of H-pyrrole nitrogens is 1. The summed E-state index contributed by atoms with van der Waals surface area (Å²) >= 11 is 18.1. The first-order chi connectivity index (χ1) is 10.9. The van der Waals surface area contributed by atoms with Gasteiger partial charge in [0.2, 0.25) is 0 Å². The smallest absolute Gasteiger partial charge is 0.260 e. The summed E-state index contributed by atoms with van der Waals surface area (Å²) in [5, 5.41) is 11.9. The summed E-state index contributed by atoms with van der Waals surface area (Å²) in [6.07, 6.45) is 0. The van der Waals surface area contributed by atoms with E-state index in [0.717, 1.165) is 0 Å². The summed E-state index contributed by atoms with van der Waals surface area (Å²) in [6, 6.07) is 7.79. The maximum atomic E-state index is 12.5. The molecule has 0 aliphatic heterocycles. The molecule has 0 saturated carbocycles. The van der Waals surface area contributed by atoms with E-state index in [0.29, 0.717) is 32.3 Å². The highest BCUT2D eigenvalue weighted by atomic mass is 35.5. The molecule has 4 nitrogen and oxygen atoms in total. The van der Waals surface area contributed by atoms with E-state index in [9.17, 15) is 9.90 Å². The normalized spacial score (nSPS) is 11.0. The van der Waals surface area contributed by atoms with Gasteiger partial charge >= 0.3 is 0 Å². The van der Waals surface area contributed by atoms with Crippen LogP contribution in [0.5, 0.6) is 11.5 Å². The monoisotopic (exact) mass is 369 g/mol. The molecule has 0 unspecified atom stereocenters. The van der Waals surface area contributed by atoms with Crippen molar-refractivity contribution in [2.75, 3.05) is 7.11 Å². The summed E-state index contributed by atoms with van der Waals surface area (Å²) in [5.74, 6) is 0.144. The van der Waals surface area contributed by atoms with E-state index in [-0.39, 0.29) is 16.3 Å². The SMILES string of the molecule is COc1ccc(Cl)cc1-c1c(O)c2c(Cl)cc(Cl)cc2[nH]c1=O. The van der Waals surface area contributed by atoms with Crippen molar-refractivity contribution in [3.63, 3.8) is 0 Å². The van der Waals surface area contributed by atoms with E-state index in [1.54, 1.807) is 18.2 Å². The van der Waals surface area contributed by atoms with Gasteiger partial charge < -0.3 is 14.8 Å². The zero-order chi connectivity index (χ0) is 16.7. The molecule has 118 valence electrons. The number of aromatic hydroxyl groups is 1. The van der Waals surface area contributed by atoms with Crippen molar-refractivity contribution in [3.8, 4) is 22.6 Å². The van der Waals surface area contributed by atoms with E-state index in [1.165, 1.54) is 19.2 Å². The van der Waals surface area contributed by atoms with Crippen molar-refractivity contribution in [1.29, 1.82) is 0 Å². The average molecular weight is 371 g/mol. The van der Waals surface area contributed by atoms with Gasteiger partial charge in [0.05, 0.1) is 28.6 Å². The average Bonchev–Trinajstić information content (AvgIpc) is 2.46. The number of halogens is 3. The molecule has 0 radical (unpaired) electrons. The fourth-order valence-corrected chi connectivity index (χ4v) is 3.21. The molecule has 3 aromatic rings. The zero-order valence-corrected chi connectivity index (χ0v) is 14.1. The highest BCUT2D eigenvalue weighted by Crippen LogP contribution is 2.41. The number of benzene rings is 2. The van der Waals surface area contributed by atoms with Gasteiger partial charge in [0.15, 0.2) is 0 Å². The minimum Gasteiger partial charge on any atom is -0.506 e. The molecule has 23 heavy (non-hydrogen) atoms. The van der Waals surface area contributed by atoms with Gasteiger partial charge in [0.25, 0.3) is 5.56 Å². The second-order valence-electron chi connectivity index (χ2n) is 4.83. The lowest BCUT2D eigenvalue weighted by molar-refractivity contribution is 0.415. The second-order valence-corrected chi connectivity index (χ2v) is 6.11. The van der Waals surface area contributed by atoms with Crippen molar-refractivity contribution < 1.29 is 9.84 Å². The van der Waals surface area contributed by atoms with Crippen molar-refractivity contribution in [2.24, 2.45) is 0 Å². The summed E-state index contributed by atoms with van der Waals surface area (Å²) in [4.78, 5) is 15.1. The molecule has 1 heterocycles. The van der Waals surface area contributed by atoms with Crippen LogP contribution in [-0.2, 0) is 0 Å². The third-order valence-corrected chi connectivity index (χ3v) is 4.19. The van der Waals surface area contributed by atoms with Crippen LogP contribution < -0.4 is 10.3 Å². The minimum absolute atomic E-state index is 0.0288. The maximum Gasteiger partial charge on any atom is 0.260 e. The van der Waals surface area contributed by atoms with Gasteiger partial charge in [0, 0.05) is 15.6 Å². The number of hydrogen-bond acceptors (Lipinski definition) is 3. The number of aromatic amines is 1. The molecule has 7 heteroatoms. The number of aromatic nitrogens is 1. The predicted octanol–water partition coefficient (Wildman–Crippen LogP) is 4.87. The van der Waals surface area contributed by atoms with Crippen LogP contribution in [0.3, 0.4) is 0 Å². The quantitative estimate of drug-likeness (QED) is 0.676. The number of rotatable bonds is 2. The van der Waals surface area contributed by atoms with Gasteiger partial charge in [-0.05, 0) is 30.3 Å². The Bertz CT molecular complexity index is 982. The predicted molar refractivity (Wildman–Crippen MR) is 93.3 cm³/mol. The van der Waals surface area contributed by atoms with Gasteiger partial charge in [-0.2, -0.15) is 0 Å². The molecule has 0 aliphatic carbocycles. The van der Waals surface area contributed by atoms with Crippen LogP contribution in [0.1, 0.15) is 0 Å². The van der Waals surface area contributed by atoms with Gasteiger partial charge in [-0.3, -0.25) is 4.79 Å². The zero-order valence-electron chi connectivity index (χ0n) is 11.8. The summed E-state index contributed by atoms with van der Waals surface area (Å²) in [7, 11) is 1.46. The van der Waals surface area contributed by atoms with Crippen LogP contribution in [0.2, 0.25) is 15.1 Å². The van der Waals surface area contributed by atoms with Crippen LogP contribution in [-0.4, -0.2) is 17.2 Å². The van der Waals surface area contributed by atoms with Crippen molar-refractivity contribution >= 4 is 45.7 Å². The highest BCUT2D eigenvalue weighted by Gasteiger charge is 2.19. The molecular formula is C16H10Cl3NO3. The number of methoxy groups -OCH3 is 1. The number of fused-ring (bicyclic) bond motifs is 1. The standard InChI is InChI=1S/C16H10Cl3NO3/c1-23-12-3-2-7(17)4-9(12)13-15(21)14-10(19)5-8(18)6-11(14)20-16(13)22/h2-6H,1H3,(H2,20,21,22). The van der Waals surface area contributed by atoms with E-state index in [2.05, 4.69) is 4.98 Å². The largest absolute Gasteiger partial charge is 0.506 e. The van der Waals surface area contributed by atoms with Crippen LogP contribution in [0.15, 0.2) is 35.1 Å². The number of nitrogens with one attached hydrogen (secondary N) is 1. The third kappa shape index (κ3) is 2.74. The summed E-state index contributed by atoms with van der Waals surface area (Å²) in [5.41, 5.74) is 0.233. The Labute approximate surface area is 146 Å². The Morgan fingerprint density at radius 2 is 1.83 bits per heavy atom. The maximum absolute atomic E-state index is 12.5. The third-order valence-electron chi connectivity index (χ3n) is 3.43. The minimum atomic E-state index is -0.506. The molecule has 0 spiro atoms. The fourth-order valence-electron chi connectivity index (χ4n) is 2.46. The van der Waals surface area contributed by atoms with Gasteiger partial charge in [-0.25, -0.2) is 0 Å². The van der Waals surface area contributed by atoms with E-state index in [4.69, 9.17) is 39.5 Å². The lowest BCUT2D eigenvalue weighted by Gasteiger charge is -2.12. The van der Waals surface area contributed by atoms with Crippen LogP contribution in [0.4, 0.5) is 0 Å². The Hall–Kier alpha value is -1.88.